The fraction of sp³-hybridized carbons (Fsp3) is 0.550. The minimum absolute atomic E-state index is 0.00943. The molecule has 0 aromatic carbocycles. The lowest BCUT2D eigenvalue weighted by Crippen LogP contribution is -2.44. The van der Waals surface area contributed by atoms with Crippen molar-refractivity contribution in [3.63, 3.8) is 0 Å². The lowest BCUT2D eigenvalue weighted by atomic mass is 9.86. The monoisotopic (exact) mass is 374 g/mol. The Morgan fingerprint density at radius 1 is 1.31 bits per heavy atom. The first kappa shape index (κ1) is 17.8. The van der Waals surface area contributed by atoms with Crippen LogP contribution in [0.2, 0.25) is 0 Å². The number of hydrogen-bond acceptors (Lipinski definition) is 5. The lowest BCUT2D eigenvalue weighted by Gasteiger charge is -2.25. The van der Waals surface area contributed by atoms with Gasteiger partial charge in [-0.15, -0.1) is 11.3 Å². The molecule has 0 spiro atoms. The van der Waals surface area contributed by atoms with Gasteiger partial charge in [0.15, 0.2) is 10.8 Å². The Morgan fingerprint density at radius 2 is 2.15 bits per heavy atom. The van der Waals surface area contributed by atoms with E-state index in [0.29, 0.717) is 6.54 Å². The summed E-state index contributed by atoms with van der Waals surface area (Å²) in [5, 5.41) is 17.0. The van der Waals surface area contributed by atoms with Gasteiger partial charge in [-0.1, -0.05) is 0 Å². The number of aromatic amines is 1. The Kier molecular flexibility index (Phi) is 4.90. The first-order valence-corrected chi connectivity index (χ1v) is 10.2. The molecule has 0 amide bonds. The summed E-state index contributed by atoms with van der Waals surface area (Å²) in [5.41, 5.74) is 4.15. The molecule has 0 radical (unpaired) electrons. The van der Waals surface area contributed by atoms with Crippen molar-refractivity contribution in [1.82, 2.24) is 10.3 Å². The summed E-state index contributed by atoms with van der Waals surface area (Å²) in [6.07, 6.45) is 2.75. The smallest absolute Gasteiger partial charge is 0.174 e. The van der Waals surface area contributed by atoms with E-state index in [9.17, 15) is 9.90 Å². The largest absolute Gasteiger partial charge is 0.478 e. The molecule has 0 bridgehead atoms. The Labute approximate surface area is 157 Å². The number of thiophene rings is 1. The number of aliphatic hydroxyl groups is 1. The zero-order chi connectivity index (χ0) is 18.3. The summed E-state index contributed by atoms with van der Waals surface area (Å²) in [7, 11) is 0. The first-order chi connectivity index (χ1) is 12.5. The molecule has 5 nitrogen and oxygen atoms in total. The highest BCUT2D eigenvalue weighted by molar-refractivity contribution is 7.12. The average molecular weight is 375 g/mol. The number of aliphatic hydroxyl groups excluding tert-OH is 1. The normalized spacial score (nSPS) is 28.3. The number of Topliss-reactive ketones (excluding diaryl/α,β-unsaturated/α-hetero) is 1. The van der Waals surface area contributed by atoms with Crippen molar-refractivity contribution < 1.29 is 14.6 Å². The summed E-state index contributed by atoms with van der Waals surface area (Å²) >= 11 is 1.57. The fourth-order valence-electron chi connectivity index (χ4n) is 4.13. The predicted octanol–water partition coefficient (Wildman–Crippen LogP) is 3.00. The second-order valence-electron chi connectivity index (χ2n) is 7.63. The minimum atomic E-state index is -0.541. The van der Waals surface area contributed by atoms with Crippen molar-refractivity contribution in [2.45, 2.75) is 57.8 Å². The average Bonchev–Trinajstić information content (AvgIpc) is 3.28. The van der Waals surface area contributed by atoms with Gasteiger partial charge in [-0.25, -0.2) is 0 Å². The Hall–Kier alpha value is -1.63. The summed E-state index contributed by atoms with van der Waals surface area (Å²) < 4.78 is 5.96. The Balaban J connectivity index is 1.32. The topological polar surface area (TPSA) is 74.3 Å². The maximum absolute atomic E-state index is 12.7. The van der Waals surface area contributed by atoms with Gasteiger partial charge in [0.1, 0.15) is 12.2 Å². The molecule has 1 saturated carbocycles. The van der Waals surface area contributed by atoms with E-state index in [-0.39, 0.29) is 23.8 Å². The molecular weight excluding hydrogens is 348 g/mol. The predicted molar refractivity (Wildman–Crippen MR) is 102 cm³/mol. The number of carbonyl (C=O) groups excluding carboxylic acids is 1. The quantitative estimate of drug-likeness (QED) is 0.752. The van der Waals surface area contributed by atoms with E-state index in [1.54, 1.807) is 11.3 Å². The number of fused-ring (bicyclic) bond motifs is 1. The van der Waals surface area contributed by atoms with Crippen LogP contribution >= 0.6 is 11.3 Å². The number of hydrogen-bond donors (Lipinski definition) is 3. The van der Waals surface area contributed by atoms with E-state index >= 15 is 0 Å². The third-order valence-corrected chi connectivity index (χ3v) is 6.50. The van der Waals surface area contributed by atoms with Crippen LogP contribution in [0, 0.1) is 19.8 Å². The van der Waals surface area contributed by atoms with E-state index < -0.39 is 6.10 Å². The molecule has 1 fully saturated rings. The van der Waals surface area contributed by atoms with Crippen LogP contribution < -0.4 is 10.1 Å². The highest BCUT2D eigenvalue weighted by Gasteiger charge is 2.37. The van der Waals surface area contributed by atoms with Crippen molar-refractivity contribution in [1.29, 1.82) is 0 Å². The first-order valence-electron chi connectivity index (χ1n) is 9.37. The van der Waals surface area contributed by atoms with E-state index in [1.165, 1.54) is 5.56 Å². The third kappa shape index (κ3) is 3.46. The van der Waals surface area contributed by atoms with Gasteiger partial charge >= 0.3 is 0 Å². The van der Waals surface area contributed by atoms with Crippen molar-refractivity contribution >= 4 is 17.1 Å². The number of ether oxygens (including phenoxy) is 1. The summed E-state index contributed by atoms with van der Waals surface area (Å²) in [6.45, 7) is 4.65. The van der Waals surface area contributed by atoms with Crippen LogP contribution in [0.3, 0.4) is 0 Å². The van der Waals surface area contributed by atoms with Gasteiger partial charge in [-0.05, 0) is 62.6 Å². The van der Waals surface area contributed by atoms with E-state index in [2.05, 4.69) is 15.7 Å². The van der Waals surface area contributed by atoms with Crippen molar-refractivity contribution in [3.05, 3.63) is 40.0 Å². The van der Waals surface area contributed by atoms with Crippen molar-refractivity contribution in [3.8, 4) is 5.06 Å². The zero-order valence-electron chi connectivity index (χ0n) is 15.2. The number of aryl methyl sites for hydroxylation is 3. The van der Waals surface area contributed by atoms with Crippen LogP contribution in [0.1, 0.15) is 46.6 Å². The molecule has 2 aliphatic rings. The minimum Gasteiger partial charge on any atom is -0.478 e. The van der Waals surface area contributed by atoms with Gasteiger partial charge in [-0.3, -0.25) is 4.79 Å². The molecule has 2 aromatic heterocycles. The van der Waals surface area contributed by atoms with Crippen LogP contribution in [0.4, 0.5) is 0 Å². The third-order valence-electron chi connectivity index (χ3n) is 5.57. The molecule has 140 valence electrons. The Bertz CT molecular complexity index is 797. The number of H-pyrrole nitrogens is 1. The van der Waals surface area contributed by atoms with Gasteiger partial charge in [0.05, 0.1) is 0 Å². The second kappa shape index (κ2) is 7.18. The van der Waals surface area contributed by atoms with E-state index in [4.69, 9.17) is 4.74 Å². The fourth-order valence-corrected chi connectivity index (χ4v) is 4.94. The van der Waals surface area contributed by atoms with Crippen LogP contribution in [-0.2, 0) is 6.42 Å². The Morgan fingerprint density at radius 3 is 2.92 bits per heavy atom. The molecular formula is C20H26N2O3S. The van der Waals surface area contributed by atoms with E-state index in [0.717, 1.165) is 47.7 Å². The number of rotatable bonds is 5. The molecule has 4 unspecified atom stereocenters. The summed E-state index contributed by atoms with van der Waals surface area (Å²) in [6, 6.07) is 3.96. The number of carbonyl (C=O) groups is 1. The van der Waals surface area contributed by atoms with Crippen LogP contribution in [0.5, 0.6) is 5.06 Å². The maximum atomic E-state index is 12.7. The molecule has 6 heteroatoms. The van der Waals surface area contributed by atoms with Gasteiger partial charge in [-0.2, -0.15) is 0 Å². The van der Waals surface area contributed by atoms with Gasteiger partial charge in [0.2, 0.25) is 0 Å². The number of nitrogens with one attached hydrogen (secondary N) is 2. The molecule has 2 aliphatic carbocycles. The maximum Gasteiger partial charge on any atom is 0.174 e. The molecule has 2 aromatic rings. The highest BCUT2D eigenvalue weighted by Crippen LogP contribution is 2.30. The van der Waals surface area contributed by atoms with Gasteiger partial charge in [0.25, 0.3) is 0 Å². The van der Waals surface area contributed by atoms with E-state index in [1.807, 2.05) is 26.0 Å². The molecule has 3 N–H and O–H groups in total. The van der Waals surface area contributed by atoms with Gasteiger partial charge in [0, 0.05) is 35.5 Å². The highest BCUT2D eigenvalue weighted by atomic mass is 32.1. The SMILES string of the molecule is Cc1csc(OC2CCC(NCC3CCc4[nH]c(C)cc4C3=O)C2O)c1. The zero-order valence-corrected chi connectivity index (χ0v) is 16.1. The van der Waals surface area contributed by atoms with Gasteiger partial charge < -0.3 is 20.1 Å². The molecule has 26 heavy (non-hydrogen) atoms. The summed E-state index contributed by atoms with van der Waals surface area (Å²) in [5.74, 6) is 0.210. The molecule has 4 rings (SSSR count). The van der Waals surface area contributed by atoms with Crippen LogP contribution in [-0.4, -0.2) is 40.7 Å². The van der Waals surface area contributed by atoms with Crippen LogP contribution in [0.25, 0.3) is 0 Å². The molecule has 0 aliphatic heterocycles. The van der Waals surface area contributed by atoms with Crippen molar-refractivity contribution in [2.24, 2.45) is 5.92 Å². The lowest BCUT2D eigenvalue weighted by molar-refractivity contribution is 0.0462. The standard InChI is InChI=1S/C20H26N2O3S/c1-11-7-18(26-10-11)25-17-6-5-16(20(17)24)21-9-13-3-4-15-14(19(13)23)8-12(2)22-15/h7-8,10,13,16-17,20-22,24H,3-6,9H2,1-2H3. The van der Waals surface area contributed by atoms with Crippen LogP contribution in [0.15, 0.2) is 17.5 Å². The van der Waals surface area contributed by atoms with Crippen molar-refractivity contribution in [2.75, 3.05) is 6.54 Å². The molecule has 0 saturated heterocycles. The molecule has 2 heterocycles. The number of aromatic nitrogens is 1. The molecule has 4 atom stereocenters. The summed E-state index contributed by atoms with van der Waals surface area (Å²) in [4.78, 5) is 16.0. The second-order valence-corrected chi connectivity index (χ2v) is 8.50. The number of ketones is 1.